The molecular formula is C21H24Br2O2. The van der Waals surface area contributed by atoms with Gasteiger partial charge in [-0.2, -0.15) is 0 Å². The molecule has 2 aliphatic heterocycles. The molecule has 0 amide bonds. The summed E-state index contributed by atoms with van der Waals surface area (Å²) in [6, 6.07) is 8.64. The number of hydrogen-bond donors (Lipinski definition) is 0. The zero-order chi connectivity index (χ0) is 18.2. The van der Waals surface area contributed by atoms with E-state index in [1.807, 2.05) is 0 Å². The van der Waals surface area contributed by atoms with E-state index in [1.54, 1.807) is 0 Å². The van der Waals surface area contributed by atoms with E-state index in [9.17, 15) is 0 Å². The molecule has 0 unspecified atom stereocenters. The zero-order valence-electron chi connectivity index (χ0n) is 15.2. The van der Waals surface area contributed by atoms with Crippen LogP contribution >= 0.6 is 31.9 Å². The monoisotopic (exact) mass is 466 g/mol. The number of fused-ring (bicyclic) bond motifs is 2. The van der Waals surface area contributed by atoms with Gasteiger partial charge in [0, 0.05) is 29.8 Å². The van der Waals surface area contributed by atoms with Crippen molar-refractivity contribution in [2.24, 2.45) is 0 Å². The molecule has 2 heterocycles. The van der Waals surface area contributed by atoms with Crippen molar-refractivity contribution in [3.8, 4) is 11.5 Å². The van der Waals surface area contributed by atoms with Gasteiger partial charge in [0.1, 0.15) is 11.5 Å². The Bertz CT molecular complexity index is 726. The van der Waals surface area contributed by atoms with Crippen molar-refractivity contribution >= 4 is 31.9 Å². The number of halogens is 2. The van der Waals surface area contributed by atoms with E-state index in [2.05, 4.69) is 83.8 Å². The first-order chi connectivity index (χ1) is 11.8. The summed E-state index contributed by atoms with van der Waals surface area (Å²) in [6.07, 6.45) is 2.56. The normalized spacial score (nSPS) is 17.0. The highest BCUT2D eigenvalue weighted by molar-refractivity contribution is 9.11. The molecule has 0 bridgehead atoms. The number of hydrogen-bond acceptors (Lipinski definition) is 2. The zero-order valence-corrected chi connectivity index (χ0v) is 18.4. The maximum absolute atomic E-state index is 6.19. The smallest absolute Gasteiger partial charge is 0.145 e. The average Bonchev–Trinajstić information content (AvgIpc) is 3.09. The topological polar surface area (TPSA) is 18.5 Å². The molecular weight excluding hydrogens is 444 g/mol. The van der Waals surface area contributed by atoms with Gasteiger partial charge in [-0.1, -0.05) is 26.0 Å². The van der Waals surface area contributed by atoms with Gasteiger partial charge in [-0.3, -0.25) is 0 Å². The Morgan fingerprint density at radius 1 is 0.800 bits per heavy atom. The predicted octanol–water partition coefficient (Wildman–Crippen LogP) is 7.06. The third-order valence-electron chi connectivity index (χ3n) is 4.75. The van der Waals surface area contributed by atoms with Crippen LogP contribution < -0.4 is 4.74 Å². The Labute approximate surface area is 167 Å². The Morgan fingerprint density at radius 2 is 1.24 bits per heavy atom. The predicted molar refractivity (Wildman–Crippen MR) is 110 cm³/mol. The second kappa shape index (κ2) is 7.42. The number of rotatable bonds is 0. The average molecular weight is 468 g/mol. The highest BCUT2D eigenvalue weighted by atomic mass is 79.9. The SMILES string of the molecule is C1CCOC1.Cc1cc(Br)c2c(c1)C(C)(C)c1cc(C)cc(Br)c1O2. The van der Waals surface area contributed by atoms with Gasteiger partial charge in [0.2, 0.25) is 0 Å². The summed E-state index contributed by atoms with van der Waals surface area (Å²) in [5.74, 6) is 1.86. The summed E-state index contributed by atoms with van der Waals surface area (Å²) in [4.78, 5) is 0. The number of aryl methyl sites for hydroxylation is 2. The lowest BCUT2D eigenvalue weighted by molar-refractivity contribution is 0.198. The molecule has 4 rings (SSSR count). The van der Waals surface area contributed by atoms with Crippen LogP contribution in [0.2, 0.25) is 0 Å². The molecule has 2 aromatic rings. The van der Waals surface area contributed by atoms with Crippen molar-refractivity contribution in [2.75, 3.05) is 13.2 Å². The fourth-order valence-corrected chi connectivity index (χ4v) is 4.66. The molecule has 0 atom stereocenters. The molecule has 0 aliphatic carbocycles. The molecule has 0 aromatic heterocycles. The molecule has 25 heavy (non-hydrogen) atoms. The van der Waals surface area contributed by atoms with Gasteiger partial charge in [-0.05, 0) is 81.8 Å². The lowest BCUT2D eigenvalue weighted by Gasteiger charge is -2.36. The number of benzene rings is 2. The van der Waals surface area contributed by atoms with Crippen LogP contribution in [0, 0.1) is 13.8 Å². The van der Waals surface area contributed by atoms with Gasteiger partial charge in [0.05, 0.1) is 8.95 Å². The van der Waals surface area contributed by atoms with Crippen LogP contribution in [0.4, 0.5) is 0 Å². The van der Waals surface area contributed by atoms with Crippen molar-refractivity contribution in [2.45, 2.75) is 46.0 Å². The van der Waals surface area contributed by atoms with E-state index in [1.165, 1.54) is 35.1 Å². The van der Waals surface area contributed by atoms with Gasteiger partial charge in [-0.25, -0.2) is 0 Å². The Morgan fingerprint density at radius 3 is 1.60 bits per heavy atom. The van der Waals surface area contributed by atoms with E-state index in [4.69, 9.17) is 9.47 Å². The maximum atomic E-state index is 6.19. The second-order valence-corrected chi connectivity index (χ2v) is 9.00. The Kier molecular flexibility index (Phi) is 5.62. The molecule has 0 radical (unpaired) electrons. The fourth-order valence-electron chi connectivity index (χ4n) is 3.35. The fraction of sp³-hybridized carbons (Fsp3) is 0.429. The Hall–Kier alpha value is -0.840. The molecule has 134 valence electrons. The van der Waals surface area contributed by atoms with Crippen LogP contribution in [0.3, 0.4) is 0 Å². The molecule has 2 aliphatic rings. The summed E-state index contributed by atoms with van der Waals surface area (Å²) in [6.45, 7) is 10.7. The highest BCUT2D eigenvalue weighted by Crippen LogP contribution is 2.53. The summed E-state index contributed by atoms with van der Waals surface area (Å²) in [7, 11) is 0. The van der Waals surface area contributed by atoms with Crippen LogP contribution in [-0.2, 0) is 10.2 Å². The molecule has 2 nitrogen and oxygen atoms in total. The minimum atomic E-state index is -0.0774. The first kappa shape index (κ1) is 18.9. The lowest BCUT2D eigenvalue weighted by Crippen LogP contribution is -2.25. The summed E-state index contributed by atoms with van der Waals surface area (Å²) < 4.78 is 13.2. The highest BCUT2D eigenvalue weighted by Gasteiger charge is 2.36. The Balaban J connectivity index is 0.000000314. The summed E-state index contributed by atoms with van der Waals surface area (Å²) >= 11 is 7.27. The molecule has 0 N–H and O–H groups in total. The van der Waals surface area contributed by atoms with Crippen LogP contribution in [0.5, 0.6) is 11.5 Å². The summed E-state index contributed by atoms with van der Waals surface area (Å²) in [5, 5.41) is 0. The molecule has 2 aromatic carbocycles. The standard InChI is InChI=1S/C17H16Br2O.C4H8O/c1-9-5-11-15(13(18)7-9)20-16-12(17(11,3)4)6-10(2)8-14(16)19;1-2-4-5-3-1/h5-8H,1-4H3;1-4H2. The van der Waals surface area contributed by atoms with Crippen molar-refractivity contribution in [3.63, 3.8) is 0 Å². The summed E-state index contributed by atoms with van der Waals surface area (Å²) in [5.41, 5.74) is 4.86. The van der Waals surface area contributed by atoms with Crippen LogP contribution in [0.15, 0.2) is 33.2 Å². The largest absolute Gasteiger partial charge is 0.454 e. The van der Waals surface area contributed by atoms with Crippen molar-refractivity contribution in [1.29, 1.82) is 0 Å². The quantitative estimate of drug-likeness (QED) is 0.412. The van der Waals surface area contributed by atoms with Gasteiger partial charge < -0.3 is 9.47 Å². The molecule has 1 fully saturated rings. The second-order valence-electron chi connectivity index (χ2n) is 7.29. The van der Waals surface area contributed by atoms with Gasteiger partial charge >= 0.3 is 0 Å². The molecule has 0 saturated carbocycles. The van der Waals surface area contributed by atoms with Crippen molar-refractivity contribution in [3.05, 3.63) is 55.5 Å². The third-order valence-corrected chi connectivity index (χ3v) is 5.93. The van der Waals surface area contributed by atoms with Crippen molar-refractivity contribution in [1.82, 2.24) is 0 Å². The van der Waals surface area contributed by atoms with E-state index in [0.717, 1.165) is 33.7 Å². The molecule has 1 saturated heterocycles. The molecule has 4 heteroatoms. The first-order valence-corrected chi connectivity index (χ1v) is 10.3. The van der Waals surface area contributed by atoms with Gasteiger partial charge in [0.15, 0.2) is 0 Å². The minimum Gasteiger partial charge on any atom is -0.454 e. The van der Waals surface area contributed by atoms with Gasteiger partial charge in [0.25, 0.3) is 0 Å². The third kappa shape index (κ3) is 3.81. The van der Waals surface area contributed by atoms with E-state index in [0.29, 0.717) is 0 Å². The minimum absolute atomic E-state index is 0.0774. The van der Waals surface area contributed by atoms with Crippen molar-refractivity contribution < 1.29 is 9.47 Å². The van der Waals surface area contributed by atoms with Crippen LogP contribution in [0.1, 0.15) is 48.9 Å². The first-order valence-electron chi connectivity index (χ1n) is 8.67. The molecule has 0 spiro atoms. The van der Waals surface area contributed by atoms with Crippen LogP contribution in [0.25, 0.3) is 0 Å². The maximum Gasteiger partial charge on any atom is 0.145 e. The lowest BCUT2D eigenvalue weighted by atomic mass is 9.75. The van der Waals surface area contributed by atoms with E-state index >= 15 is 0 Å². The van der Waals surface area contributed by atoms with E-state index in [-0.39, 0.29) is 5.41 Å². The van der Waals surface area contributed by atoms with E-state index < -0.39 is 0 Å². The number of ether oxygens (including phenoxy) is 2. The van der Waals surface area contributed by atoms with Crippen LogP contribution in [-0.4, -0.2) is 13.2 Å². The van der Waals surface area contributed by atoms with Gasteiger partial charge in [-0.15, -0.1) is 0 Å².